The Morgan fingerprint density at radius 1 is 1.48 bits per heavy atom. The third-order valence-electron chi connectivity index (χ3n) is 3.86. The summed E-state index contributed by atoms with van der Waals surface area (Å²) in [7, 11) is 5.50. The van der Waals surface area contributed by atoms with Crippen LogP contribution in [0.2, 0.25) is 0 Å². The van der Waals surface area contributed by atoms with Gasteiger partial charge in [0.05, 0.1) is 13.7 Å². The van der Waals surface area contributed by atoms with Gasteiger partial charge in [0.15, 0.2) is 0 Å². The minimum atomic E-state index is -0.890. The van der Waals surface area contributed by atoms with Gasteiger partial charge < -0.3 is 20.1 Å². The fourth-order valence-corrected chi connectivity index (χ4v) is 2.75. The van der Waals surface area contributed by atoms with Gasteiger partial charge in [0.2, 0.25) is 0 Å². The van der Waals surface area contributed by atoms with Crippen molar-refractivity contribution in [1.29, 1.82) is 0 Å². The minimum absolute atomic E-state index is 0.0161. The smallest absolute Gasteiger partial charge is 0.407 e. The first-order chi connectivity index (χ1) is 10.0. The molecule has 0 aliphatic carbocycles. The van der Waals surface area contributed by atoms with Crippen molar-refractivity contribution in [2.75, 3.05) is 39.2 Å². The Morgan fingerprint density at radius 3 is 2.76 bits per heavy atom. The highest BCUT2D eigenvalue weighted by Crippen LogP contribution is 2.30. The molecule has 116 valence electrons. The van der Waals surface area contributed by atoms with Gasteiger partial charge in [0.25, 0.3) is 0 Å². The molecule has 0 radical (unpaired) electrons. The fourth-order valence-electron chi connectivity index (χ4n) is 2.75. The van der Waals surface area contributed by atoms with Crippen LogP contribution in [0.25, 0.3) is 0 Å². The molecule has 1 heterocycles. The molecule has 1 aromatic rings. The molecular weight excluding hydrogens is 270 g/mol. The Hall–Kier alpha value is -1.95. The van der Waals surface area contributed by atoms with Crippen LogP contribution in [-0.4, -0.2) is 56.4 Å². The lowest BCUT2D eigenvalue weighted by molar-refractivity contribution is 0.124. The van der Waals surface area contributed by atoms with Gasteiger partial charge in [-0.15, -0.1) is 0 Å². The topological polar surface area (TPSA) is 65.0 Å². The van der Waals surface area contributed by atoms with Crippen LogP contribution in [0.15, 0.2) is 18.2 Å². The zero-order chi connectivity index (χ0) is 15.4. The molecule has 0 bridgehead atoms. The van der Waals surface area contributed by atoms with Crippen molar-refractivity contribution in [1.82, 2.24) is 10.2 Å². The number of hydrogen-bond donors (Lipinski definition) is 2. The molecule has 1 aliphatic heterocycles. The van der Waals surface area contributed by atoms with Gasteiger partial charge in [0.1, 0.15) is 5.75 Å². The maximum absolute atomic E-state index is 11.6. The molecule has 1 unspecified atom stereocenters. The highest BCUT2D eigenvalue weighted by molar-refractivity contribution is 5.67. The Labute approximate surface area is 125 Å². The van der Waals surface area contributed by atoms with E-state index in [9.17, 15) is 9.90 Å². The van der Waals surface area contributed by atoms with Crippen molar-refractivity contribution < 1.29 is 14.6 Å². The SMILES string of the molecule is COc1cccc(N(C)C)c1CN(C(=O)O)C1CCNC1. The summed E-state index contributed by atoms with van der Waals surface area (Å²) in [5.74, 6) is 0.721. The van der Waals surface area contributed by atoms with Gasteiger partial charge in [-0.25, -0.2) is 4.79 Å². The number of amides is 1. The van der Waals surface area contributed by atoms with Crippen LogP contribution in [0.5, 0.6) is 5.75 Å². The largest absolute Gasteiger partial charge is 0.496 e. The zero-order valence-electron chi connectivity index (χ0n) is 12.8. The molecule has 2 N–H and O–H groups in total. The maximum Gasteiger partial charge on any atom is 0.407 e. The van der Waals surface area contributed by atoms with E-state index in [0.29, 0.717) is 13.1 Å². The molecule has 1 atom stereocenters. The van der Waals surface area contributed by atoms with E-state index in [1.165, 1.54) is 4.90 Å². The first kappa shape index (κ1) is 15.4. The number of hydrogen-bond acceptors (Lipinski definition) is 4. The standard InChI is InChI=1S/C15H23N3O3/c1-17(2)13-5-4-6-14(21-3)12(13)10-18(15(19)20)11-7-8-16-9-11/h4-6,11,16H,7-10H2,1-3H3,(H,19,20). The van der Waals surface area contributed by atoms with E-state index in [-0.39, 0.29) is 6.04 Å². The monoisotopic (exact) mass is 293 g/mol. The number of nitrogens with one attached hydrogen (secondary N) is 1. The molecule has 1 saturated heterocycles. The van der Waals surface area contributed by atoms with Crippen LogP contribution in [0, 0.1) is 0 Å². The molecule has 1 fully saturated rings. The summed E-state index contributed by atoms with van der Waals surface area (Å²) >= 11 is 0. The van der Waals surface area contributed by atoms with E-state index in [0.717, 1.165) is 30.0 Å². The van der Waals surface area contributed by atoms with Gasteiger partial charge in [-0.2, -0.15) is 0 Å². The van der Waals surface area contributed by atoms with Crippen LogP contribution in [0.4, 0.5) is 10.5 Å². The summed E-state index contributed by atoms with van der Waals surface area (Å²) in [6.07, 6.45) is -0.0435. The van der Waals surface area contributed by atoms with E-state index < -0.39 is 6.09 Å². The number of benzene rings is 1. The molecule has 1 amide bonds. The van der Waals surface area contributed by atoms with Crippen LogP contribution in [0.3, 0.4) is 0 Å². The highest BCUT2D eigenvalue weighted by atomic mass is 16.5. The van der Waals surface area contributed by atoms with Crippen molar-refractivity contribution >= 4 is 11.8 Å². The second-order valence-electron chi connectivity index (χ2n) is 5.41. The Balaban J connectivity index is 2.32. The van der Waals surface area contributed by atoms with Gasteiger partial charge in [-0.05, 0) is 25.1 Å². The minimum Gasteiger partial charge on any atom is -0.496 e. The lowest BCUT2D eigenvalue weighted by atomic mass is 10.1. The van der Waals surface area contributed by atoms with Gasteiger partial charge in [-0.3, -0.25) is 4.90 Å². The van der Waals surface area contributed by atoms with Crippen LogP contribution in [0.1, 0.15) is 12.0 Å². The second kappa shape index (κ2) is 6.67. The number of ether oxygens (including phenoxy) is 1. The Bertz CT molecular complexity index is 499. The lowest BCUT2D eigenvalue weighted by Crippen LogP contribution is -2.40. The predicted molar refractivity (Wildman–Crippen MR) is 82.2 cm³/mol. The number of anilines is 1. The summed E-state index contributed by atoms with van der Waals surface area (Å²) in [5, 5.41) is 12.7. The molecule has 2 rings (SSSR count). The molecule has 21 heavy (non-hydrogen) atoms. The van der Waals surface area contributed by atoms with E-state index in [1.54, 1.807) is 7.11 Å². The number of nitrogens with zero attached hydrogens (tertiary/aromatic N) is 2. The normalized spacial score (nSPS) is 17.6. The molecule has 0 spiro atoms. The third kappa shape index (κ3) is 3.39. The summed E-state index contributed by atoms with van der Waals surface area (Å²) in [5.41, 5.74) is 1.88. The van der Waals surface area contributed by atoms with Gasteiger partial charge in [-0.1, -0.05) is 6.07 Å². The molecule has 6 nitrogen and oxygen atoms in total. The van der Waals surface area contributed by atoms with Gasteiger partial charge >= 0.3 is 6.09 Å². The van der Waals surface area contributed by atoms with Crippen molar-refractivity contribution in [3.8, 4) is 5.75 Å². The quantitative estimate of drug-likeness (QED) is 0.863. The number of rotatable bonds is 5. The van der Waals surface area contributed by atoms with Crippen molar-refractivity contribution in [3.63, 3.8) is 0 Å². The Morgan fingerprint density at radius 2 is 2.24 bits per heavy atom. The van der Waals surface area contributed by atoms with Crippen molar-refractivity contribution in [2.24, 2.45) is 0 Å². The molecule has 0 aromatic heterocycles. The van der Waals surface area contributed by atoms with Crippen molar-refractivity contribution in [3.05, 3.63) is 23.8 Å². The molecule has 6 heteroatoms. The second-order valence-corrected chi connectivity index (χ2v) is 5.41. The molecule has 0 saturated carbocycles. The lowest BCUT2D eigenvalue weighted by Gasteiger charge is -2.28. The van der Waals surface area contributed by atoms with E-state index >= 15 is 0 Å². The van der Waals surface area contributed by atoms with E-state index in [2.05, 4.69) is 5.32 Å². The summed E-state index contributed by atoms with van der Waals surface area (Å²) in [4.78, 5) is 15.1. The van der Waals surface area contributed by atoms with Crippen LogP contribution in [-0.2, 0) is 6.54 Å². The van der Waals surface area contributed by atoms with Crippen LogP contribution < -0.4 is 15.0 Å². The number of carboxylic acid groups (broad SMARTS) is 1. The third-order valence-corrected chi connectivity index (χ3v) is 3.86. The predicted octanol–water partition coefficient (Wildman–Crippen LogP) is 1.60. The average Bonchev–Trinajstić information content (AvgIpc) is 2.97. The van der Waals surface area contributed by atoms with Crippen molar-refractivity contribution in [2.45, 2.75) is 19.0 Å². The first-order valence-corrected chi connectivity index (χ1v) is 7.08. The average molecular weight is 293 g/mol. The maximum atomic E-state index is 11.6. The molecule has 1 aliphatic rings. The first-order valence-electron chi connectivity index (χ1n) is 7.08. The van der Waals surface area contributed by atoms with E-state index in [4.69, 9.17) is 4.74 Å². The van der Waals surface area contributed by atoms with Gasteiger partial charge in [0, 0.05) is 37.9 Å². The fraction of sp³-hybridized carbons (Fsp3) is 0.533. The molecule has 1 aromatic carbocycles. The zero-order valence-corrected chi connectivity index (χ0v) is 12.8. The van der Waals surface area contributed by atoms with E-state index in [1.807, 2.05) is 37.2 Å². The number of methoxy groups -OCH3 is 1. The Kier molecular flexibility index (Phi) is 4.90. The summed E-state index contributed by atoms with van der Waals surface area (Å²) in [6, 6.07) is 5.78. The molecular formula is C15H23N3O3. The summed E-state index contributed by atoms with van der Waals surface area (Å²) in [6.45, 7) is 1.90. The summed E-state index contributed by atoms with van der Waals surface area (Å²) < 4.78 is 5.42. The highest BCUT2D eigenvalue weighted by Gasteiger charge is 2.28. The van der Waals surface area contributed by atoms with Crippen LogP contribution >= 0.6 is 0 Å². The number of carbonyl (C=O) groups is 1.